The van der Waals surface area contributed by atoms with Gasteiger partial charge in [0.25, 0.3) is 0 Å². The Morgan fingerprint density at radius 2 is 1.92 bits per heavy atom. The Balaban J connectivity index is 3.77. The number of hydrogen-bond donors (Lipinski definition) is 3. The van der Waals surface area contributed by atoms with Gasteiger partial charge in [0.1, 0.15) is 0 Å². The molecule has 0 aromatic heterocycles. The van der Waals surface area contributed by atoms with Crippen LogP contribution < -0.4 is 10.6 Å². The lowest BCUT2D eigenvalue weighted by Gasteiger charge is -2.18. The third kappa shape index (κ3) is 5.60. The lowest BCUT2D eigenvalue weighted by atomic mass is 10.1. The molecule has 3 atom stereocenters. The molecule has 78 valence electrons. The summed E-state index contributed by atoms with van der Waals surface area (Å²) < 4.78 is 0. The Morgan fingerprint density at radius 1 is 1.38 bits per heavy atom. The van der Waals surface area contributed by atoms with E-state index in [-0.39, 0.29) is 24.1 Å². The van der Waals surface area contributed by atoms with Crippen LogP contribution in [0, 0.1) is 0 Å². The minimum absolute atomic E-state index is 0.0169. The number of carbonyl (C=O) groups excluding carboxylic acids is 1. The van der Waals surface area contributed by atoms with Crippen molar-refractivity contribution in [1.82, 2.24) is 10.6 Å². The van der Waals surface area contributed by atoms with Gasteiger partial charge in [0, 0.05) is 6.04 Å². The minimum atomic E-state index is -0.375. The molecule has 3 N–H and O–H groups in total. The van der Waals surface area contributed by atoms with Crippen LogP contribution in [0.4, 0.5) is 0 Å². The number of carbonyl (C=O) groups is 1. The van der Waals surface area contributed by atoms with Crippen LogP contribution in [0.1, 0.15) is 27.2 Å². The van der Waals surface area contributed by atoms with E-state index in [1.54, 1.807) is 20.9 Å². The minimum Gasteiger partial charge on any atom is -0.393 e. The molecule has 0 aromatic carbocycles. The van der Waals surface area contributed by atoms with Gasteiger partial charge in [-0.25, -0.2) is 0 Å². The van der Waals surface area contributed by atoms with E-state index in [4.69, 9.17) is 5.11 Å². The molecule has 13 heavy (non-hydrogen) atoms. The van der Waals surface area contributed by atoms with E-state index in [1.807, 2.05) is 6.92 Å². The first kappa shape index (κ1) is 12.4. The van der Waals surface area contributed by atoms with Crippen LogP contribution in [-0.2, 0) is 4.79 Å². The van der Waals surface area contributed by atoms with Crippen LogP contribution in [0.5, 0.6) is 0 Å². The van der Waals surface area contributed by atoms with Crippen molar-refractivity contribution in [3.05, 3.63) is 0 Å². The molecule has 0 fully saturated rings. The number of nitrogens with one attached hydrogen (secondary N) is 2. The average Bonchev–Trinajstić information content (AvgIpc) is 2.01. The van der Waals surface area contributed by atoms with Gasteiger partial charge in [0.15, 0.2) is 0 Å². The third-order valence-electron chi connectivity index (χ3n) is 1.91. The Bertz CT molecular complexity index is 160. The molecule has 0 spiro atoms. The quantitative estimate of drug-likeness (QED) is 0.563. The van der Waals surface area contributed by atoms with Crippen LogP contribution >= 0.6 is 0 Å². The maximum Gasteiger partial charge on any atom is 0.237 e. The molecule has 0 aliphatic carbocycles. The number of aliphatic hydroxyl groups is 1. The highest BCUT2D eigenvalue weighted by Gasteiger charge is 2.13. The first-order valence-corrected chi connectivity index (χ1v) is 4.63. The maximum atomic E-state index is 11.3. The van der Waals surface area contributed by atoms with E-state index < -0.39 is 0 Å². The van der Waals surface area contributed by atoms with Crippen molar-refractivity contribution in [3.8, 4) is 0 Å². The van der Waals surface area contributed by atoms with Gasteiger partial charge in [-0.3, -0.25) is 4.79 Å². The van der Waals surface area contributed by atoms with Crippen molar-refractivity contribution < 1.29 is 9.90 Å². The Morgan fingerprint density at radius 3 is 2.31 bits per heavy atom. The van der Waals surface area contributed by atoms with Crippen LogP contribution in [0.3, 0.4) is 0 Å². The topological polar surface area (TPSA) is 61.4 Å². The average molecular weight is 188 g/mol. The van der Waals surface area contributed by atoms with Crippen LogP contribution in [0.15, 0.2) is 0 Å². The molecule has 0 aromatic rings. The molecular formula is C9H20N2O2. The number of rotatable bonds is 5. The highest BCUT2D eigenvalue weighted by Crippen LogP contribution is 1.96. The Labute approximate surface area is 79.7 Å². The summed E-state index contributed by atoms with van der Waals surface area (Å²) in [6.45, 7) is 5.39. The molecule has 0 aliphatic rings. The van der Waals surface area contributed by atoms with Crippen LogP contribution in [0.25, 0.3) is 0 Å². The molecular weight excluding hydrogens is 168 g/mol. The zero-order valence-electron chi connectivity index (χ0n) is 8.79. The van der Waals surface area contributed by atoms with E-state index in [0.717, 1.165) is 0 Å². The van der Waals surface area contributed by atoms with Gasteiger partial charge < -0.3 is 15.7 Å². The summed E-state index contributed by atoms with van der Waals surface area (Å²) in [5, 5.41) is 14.7. The third-order valence-corrected chi connectivity index (χ3v) is 1.91. The largest absolute Gasteiger partial charge is 0.393 e. The van der Waals surface area contributed by atoms with Crippen LogP contribution in [0.2, 0.25) is 0 Å². The van der Waals surface area contributed by atoms with Gasteiger partial charge in [-0.2, -0.15) is 0 Å². The molecule has 0 bridgehead atoms. The predicted octanol–water partition coefficient (Wildman–Crippen LogP) is -0.130. The predicted molar refractivity (Wildman–Crippen MR) is 52.4 cm³/mol. The van der Waals surface area contributed by atoms with Crippen molar-refractivity contribution in [2.24, 2.45) is 0 Å². The second-order valence-corrected chi connectivity index (χ2v) is 3.50. The van der Waals surface area contributed by atoms with Gasteiger partial charge in [0.05, 0.1) is 12.1 Å². The lowest BCUT2D eigenvalue weighted by molar-refractivity contribution is -0.123. The summed E-state index contributed by atoms with van der Waals surface area (Å²) in [5.41, 5.74) is 0. The summed E-state index contributed by atoms with van der Waals surface area (Å²) in [4.78, 5) is 11.3. The maximum absolute atomic E-state index is 11.3. The zero-order chi connectivity index (χ0) is 10.4. The van der Waals surface area contributed by atoms with Gasteiger partial charge in [0.2, 0.25) is 5.91 Å². The molecule has 0 saturated carbocycles. The molecule has 0 aliphatic heterocycles. The normalized spacial score (nSPS) is 17.6. The summed E-state index contributed by atoms with van der Waals surface area (Å²) in [5.74, 6) is -0.0318. The fraction of sp³-hybridized carbons (Fsp3) is 0.889. The highest BCUT2D eigenvalue weighted by atomic mass is 16.3. The second-order valence-electron chi connectivity index (χ2n) is 3.50. The SMILES string of the molecule is CNC(C)C(=O)NC(C)CC(C)O. The number of likely N-dealkylation sites (N-methyl/N-ethyl adjacent to an activating group) is 1. The summed E-state index contributed by atoms with van der Waals surface area (Å²) in [6.07, 6.45) is 0.211. The van der Waals surface area contributed by atoms with Gasteiger partial charge >= 0.3 is 0 Å². The summed E-state index contributed by atoms with van der Waals surface area (Å²) in [7, 11) is 1.74. The van der Waals surface area contributed by atoms with E-state index in [2.05, 4.69) is 10.6 Å². The highest BCUT2D eigenvalue weighted by molar-refractivity contribution is 5.81. The standard InChI is InChI=1S/C9H20N2O2/c1-6(5-7(2)12)11-9(13)8(3)10-4/h6-8,10,12H,5H2,1-4H3,(H,11,13). The van der Waals surface area contributed by atoms with E-state index in [1.165, 1.54) is 0 Å². The number of amides is 1. The van der Waals surface area contributed by atoms with Gasteiger partial charge in [-0.05, 0) is 34.2 Å². The van der Waals surface area contributed by atoms with Crippen molar-refractivity contribution >= 4 is 5.91 Å². The molecule has 3 unspecified atom stereocenters. The van der Waals surface area contributed by atoms with E-state index >= 15 is 0 Å². The molecule has 4 nitrogen and oxygen atoms in total. The molecule has 0 heterocycles. The smallest absolute Gasteiger partial charge is 0.237 e. The molecule has 0 rings (SSSR count). The molecule has 0 saturated heterocycles. The summed E-state index contributed by atoms with van der Waals surface area (Å²) >= 11 is 0. The monoisotopic (exact) mass is 188 g/mol. The number of aliphatic hydroxyl groups excluding tert-OH is 1. The van der Waals surface area contributed by atoms with Gasteiger partial charge in [-0.1, -0.05) is 0 Å². The van der Waals surface area contributed by atoms with Crippen molar-refractivity contribution in [2.45, 2.75) is 45.4 Å². The first-order chi connectivity index (χ1) is 5.97. The van der Waals surface area contributed by atoms with E-state index in [0.29, 0.717) is 6.42 Å². The van der Waals surface area contributed by atoms with Crippen molar-refractivity contribution in [2.75, 3.05) is 7.05 Å². The van der Waals surface area contributed by atoms with Crippen molar-refractivity contribution in [3.63, 3.8) is 0 Å². The number of hydrogen-bond acceptors (Lipinski definition) is 3. The fourth-order valence-corrected chi connectivity index (χ4v) is 1.07. The van der Waals surface area contributed by atoms with Crippen LogP contribution in [-0.4, -0.2) is 36.2 Å². The lowest BCUT2D eigenvalue weighted by Crippen LogP contribution is -2.44. The Kier molecular flexibility index (Phi) is 5.66. The zero-order valence-corrected chi connectivity index (χ0v) is 8.79. The summed E-state index contributed by atoms with van der Waals surface area (Å²) in [6, 6.07) is -0.167. The first-order valence-electron chi connectivity index (χ1n) is 4.63. The molecule has 1 amide bonds. The molecule has 4 heteroatoms. The Hall–Kier alpha value is -0.610. The van der Waals surface area contributed by atoms with Gasteiger partial charge in [-0.15, -0.1) is 0 Å². The molecule has 0 radical (unpaired) electrons. The second kappa shape index (κ2) is 5.94. The van der Waals surface area contributed by atoms with Crippen molar-refractivity contribution in [1.29, 1.82) is 0 Å². The fourth-order valence-electron chi connectivity index (χ4n) is 1.07. The van der Waals surface area contributed by atoms with E-state index in [9.17, 15) is 4.79 Å².